The molecule has 5 rings (SSSR count). The first-order valence-corrected chi connectivity index (χ1v) is 13.1. The number of nitrogens with one attached hydrogen (secondary N) is 2. The molecule has 2 N–H and O–H groups in total. The lowest BCUT2D eigenvalue weighted by molar-refractivity contribution is -0.132. The number of nitrogens with zero attached hydrogens (tertiary/aromatic N) is 4. The molecule has 9 nitrogen and oxygen atoms in total. The van der Waals surface area contributed by atoms with E-state index < -0.39 is 5.54 Å². The average Bonchev–Trinajstić information content (AvgIpc) is 3.37. The summed E-state index contributed by atoms with van der Waals surface area (Å²) in [6.45, 7) is 4.96. The molecule has 0 bridgehead atoms. The smallest absolute Gasteiger partial charge is 0.272 e. The number of hydrogen-bond acceptors (Lipinski definition) is 5. The number of aromatic nitrogens is 2. The van der Waals surface area contributed by atoms with Crippen LogP contribution in [0.25, 0.3) is 0 Å². The van der Waals surface area contributed by atoms with E-state index >= 15 is 0 Å². The molecule has 0 radical (unpaired) electrons. The number of amides is 3. The fourth-order valence-corrected chi connectivity index (χ4v) is 5.14. The third-order valence-corrected chi connectivity index (χ3v) is 7.69. The van der Waals surface area contributed by atoms with Crippen molar-refractivity contribution < 1.29 is 14.4 Å². The van der Waals surface area contributed by atoms with Crippen LogP contribution in [-0.4, -0.2) is 69.0 Å². The predicted octanol–water partition coefficient (Wildman–Crippen LogP) is 2.44. The number of piperidine rings is 1. The quantitative estimate of drug-likeness (QED) is 0.505. The van der Waals surface area contributed by atoms with Crippen LogP contribution in [0, 0.1) is 0 Å². The van der Waals surface area contributed by atoms with Gasteiger partial charge in [-0.05, 0) is 30.9 Å². The lowest BCUT2D eigenvalue weighted by atomic mass is 9.96. The number of rotatable bonds is 7. The van der Waals surface area contributed by atoms with Crippen molar-refractivity contribution in [1.29, 1.82) is 0 Å². The fourth-order valence-electron chi connectivity index (χ4n) is 5.14. The van der Waals surface area contributed by atoms with Gasteiger partial charge in [0.25, 0.3) is 11.8 Å². The summed E-state index contributed by atoms with van der Waals surface area (Å²) in [4.78, 5) is 43.2. The van der Waals surface area contributed by atoms with Crippen molar-refractivity contribution in [3.63, 3.8) is 0 Å². The van der Waals surface area contributed by atoms with Crippen LogP contribution in [0.4, 0.5) is 0 Å². The molecule has 9 heteroatoms. The molecular weight excluding hydrogens is 480 g/mol. The van der Waals surface area contributed by atoms with Gasteiger partial charge in [-0.2, -0.15) is 5.10 Å². The number of benzene rings is 2. The van der Waals surface area contributed by atoms with E-state index in [9.17, 15) is 14.4 Å². The Hall–Kier alpha value is -3.98. The van der Waals surface area contributed by atoms with Crippen molar-refractivity contribution in [2.75, 3.05) is 20.1 Å². The maximum absolute atomic E-state index is 13.2. The molecule has 1 atom stereocenters. The summed E-state index contributed by atoms with van der Waals surface area (Å²) >= 11 is 0. The first-order valence-electron chi connectivity index (χ1n) is 13.1. The van der Waals surface area contributed by atoms with Crippen LogP contribution in [0.5, 0.6) is 0 Å². The Morgan fingerprint density at radius 1 is 1.00 bits per heavy atom. The van der Waals surface area contributed by atoms with Crippen LogP contribution in [0.2, 0.25) is 0 Å². The van der Waals surface area contributed by atoms with Crippen molar-refractivity contribution in [2.24, 2.45) is 0 Å². The minimum absolute atomic E-state index is 0.0562. The average molecular weight is 515 g/mol. The first-order chi connectivity index (χ1) is 18.3. The minimum Gasteiger partial charge on any atom is -0.350 e. The van der Waals surface area contributed by atoms with E-state index in [0.29, 0.717) is 12.2 Å². The molecule has 3 amide bonds. The van der Waals surface area contributed by atoms with Crippen LogP contribution >= 0.6 is 0 Å². The largest absolute Gasteiger partial charge is 0.350 e. The highest BCUT2D eigenvalue weighted by Gasteiger charge is 2.46. The Morgan fingerprint density at radius 3 is 2.29 bits per heavy atom. The van der Waals surface area contributed by atoms with Gasteiger partial charge in [0, 0.05) is 45.3 Å². The molecule has 3 heterocycles. The van der Waals surface area contributed by atoms with Gasteiger partial charge in [-0.1, -0.05) is 60.7 Å². The van der Waals surface area contributed by atoms with Crippen molar-refractivity contribution in [3.8, 4) is 0 Å². The molecule has 0 aliphatic carbocycles. The number of fused-ring (bicyclic) bond motifs is 1. The third kappa shape index (κ3) is 5.33. The summed E-state index contributed by atoms with van der Waals surface area (Å²) in [5, 5.41) is 10.5. The van der Waals surface area contributed by atoms with Gasteiger partial charge in [0.05, 0.1) is 6.54 Å². The third-order valence-electron chi connectivity index (χ3n) is 7.69. The van der Waals surface area contributed by atoms with Gasteiger partial charge in [0.2, 0.25) is 5.91 Å². The molecule has 2 aromatic carbocycles. The zero-order valence-electron chi connectivity index (χ0n) is 21.9. The van der Waals surface area contributed by atoms with E-state index in [1.807, 2.05) is 36.4 Å². The SMILES string of the molecule is CN1C(=O)c2cc(C(=O)NC3CCN(Cc4ccccc4)CC3)nn2C[C@@]1(C)C(=O)NCc1ccccc1. The van der Waals surface area contributed by atoms with Crippen molar-refractivity contribution in [1.82, 2.24) is 30.2 Å². The summed E-state index contributed by atoms with van der Waals surface area (Å²) in [5.74, 6) is -0.903. The number of carbonyl (C=O) groups excluding carboxylic acids is 3. The molecule has 38 heavy (non-hydrogen) atoms. The van der Waals surface area contributed by atoms with Gasteiger partial charge in [-0.3, -0.25) is 24.0 Å². The van der Waals surface area contributed by atoms with E-state index in [0.717, 1.165) is 38.0 Å². The monoisotopic (exact) mass is 514 g/mol. The molecule has 0 saturated carbocycles. The van der Waals surface area contributed by atoms with E-state index in [2.05, 4.69) is 44.9 Å². The van der Waals surface area contributed by atoms with E-state index in [1.54, 1.807) is 14.0 Å². The highest BCUT2D eigenvalue weighted by molar-refractivity contribution is 6.01. The van der Waals surface area contributed by atoms with E-state index in [-0.39, 0.29) is 36.0 Å². The number of likely N-dealkylation sites (N-methyl/N-ethyl adjacent to an activating group) is 1. The lowest BCUT2D eigenvalue weighted by Crippen LogP contribution is -2.62. The molecule has 0 spiro atoms. The molecule has 2 aliphatic rings. The highest BCUT2D eigenvalue weighted by Crippen LogP contribution is 2.26. The van der Waals surface area contributed by atoms with Crippen molar-refractivity contribution >= 4 is 17.7 Å². The Bertz CT molecular complexity index is 1300. The summed E-state index contributed by atoms with van der Waals surface area (Å²) in [5.41, 5.74) is 1.63. The van der Waals surface area contributed by atoms with Crippen molar-refractivity contribution in [2.45, 2.75) is 51.0 Å². The minimum atomic E-state index is -1.13. The predicted molar refractivity (Wildman–Crippen MR) is 143 cm³/mol. The molecule has 1 fully saturated rings. The van der Waals surface area contributed by atoms with Crippen LogP contribution in [-0.2, 0) is 24.4 Å². The molecule has 1 saturated heterocycles. The Balaban J connectivity index is 1.19. The summed E-state index contributed by atoms with van der Waals surface area (Å²) in [6.07, 6.45) is 1.71. The van der Waals surface area contributed by atoms with Crippen molar-refractivity contribution in [3.05, 3.63) is 89.2 Å². The van der Waals surface area contributed by atoms with E-state index in [1.165, 1.54) is 21.2 Å². The Kier molecular flexibility index (Phi) is 7.28. The summed E-state index contributed by atoms with van der Waals surface area (Å²) in [6, 6.07) is 21.6. The summed E-state index contributed by atoms with van der Waals surface area (Å²) in [7, 11) is 1.61. The zero-order valence-corrected chi connectivity index (χ0v) is 21.9. The number of carbonyl (C=O) groups is 3. The Morgan fingerprint density at radius 2 is 1.63 bits per heavy atom. The van der Waals surface area contributed by atoms with Gasteiger partial charge < -0.3 is 15.5 Å². The lowest BCUT2D eigenvalue weighted by Gasteiger charge is -2.40. The van der Waals surface area contributed by atoms with Gasteiger partial charge >= 0.3 is 0 Å². The second kappa shape index (κ2) is 10.8. The maximum atomic E-state index is 13.2. The molecule has 1 aromatic heterocycles. The second-order valence-corrected chi connectivity index (χ2v) is 10.4. The van der Waals surface area contributed by atoms with Crippen LogP contribution < -0.4 is 10.6 Å². The molecular formula is C29H34N6O3. The number of hydrogen-bond donors (Lipinski definition) is 2. The van der Waals surface area contributed by atoms with Crippen LogP contribution in [0.15, 0.2) is 66.7 Å². The van der Waals surface area contributed by atoms with Gasteiger partial charge in [0.15, 0.2) is 5.69 Å². The number of likely N-dealkylation sites (tertiary alicyclic amines) is 1. The molecule has 2 aliphatic heterocycles. The van der Waals surface area contributed by atoms with Crippen LogP contribution in [0.1, 0.15) is 51.9 Å². The zero-order chi connectivity index (χ0) is 26.7. The van der Waals surface area contributed by atoms with E-state index in [4.69, 9.17) is 0 Å². The molecule has 3 aromatic rings. The summed E-state index contributed by atoms with van der Waals surface area (Å²) < 4.78 is 1.49. The van der Waals surface area contributed by atoms with Gasteiger partial charge in [-0.25, -0.2) is 0 Å². The van der Waals surface area contributed by atoms with Crippen LogP contribution in [0.3, 0.4) is 0 Å². The van der Waals surface area contributed by atoms with Gasteiger partial charge in [0.1, 0.15) is 11.2 Å². The topological polar surface area (TPSA) is 99.6 Å². The fraction of sp³-hybridized carbons (Fsp3) is 0.379. The first kappa shape index (κ1) is 25.7. The maximum Gasteiger partial charge on any atom is 0.272 e. The second-order valence-electron chi connectivity index (χ2n) is 10.4. The van der Waals surface area contributed by atoms with Gasteiger partial charge in [-0.15, -0.1) is 0 Å². The normalized spacial score (nSPS) is 20.2. The molecule has 198 valence electrons. The Labute approximate surface area is 222 Å². The standard InChI is InChI=1S/C29H34N6O3/c1-29(28(38)30-18-21-9-5-3-6-10-21)20-35-25(27(37)33(29)2)17-24(32-35)26(36)31-23-13-15-34(16-14-23)19-22-11-7-4-8-12-22/h3-12,17,23H,13-16,18-20H2,1-2H3,(H,30,38)(H,31,36)/t29-/m0/s1. The molecule has 0 unspecified atom stereocenters. The highest BCUT2D eigenvalue weighted by atomic mass is 16.2.